The summed E-state index contributed by atoms with van der Waals surface area (Å²) in [5, 5.41) is 0.275. The number of rotatable bonds is 1. The van der Waals surface area contributed by atoms with Gasteiger partial charge in [-0.25, -0.2) is 0 Å². The van der Waals surface area contributed by atoms with Crippen LogP contribution in [0.1, 0.15) is 13.3 Å². The molecule has 0 saturated carbocycles. The molecule has 0 amide bonds. The lowest BCUT2D eigenvalue weighted by atomic mass is 10.0. The highest BCUT2D eigenvalue weighted by atomic mass is 35.5. The highest BCUT2D eigenvalue weighted by Gasteiger charge is 2.40. The van der Waals surface area contributed by atoms with Crippen molar-refractivity contribution < 1.29 is 13.0 Å². The molecule has 0 spiro atoms. The summed E-state index contributed by atoms with van der Waals surface area (Å²) in [7, 11) is -4.25. The predicted octanol–water partition coefficient (Wildman–Crippen LogP) is 2.85. The van der Waals surface area contributed by atoms with Crippen LogP contribution in [0.25, 0.3) is 0 Å². The van der Waals surface area contributed by atoms with Crippen molar-refractivity contribution in [1.29, 1.82) is 0 Å². The monoisotopic (exact) mass is 276 g/mol. The smallest absolute Gasteiger partial charge is 0.274 e. The summed E-state index contributed by atoms with van der Waals surface area (Å²) in [4.78, 5) is 0. The maximum atomic E-state index is 11.0. The molecular weight excluding hydrogens is 270 g/mol. The number of hydrogen-bond acceptors (Lipinski definition) is 2. The summed E-state index contributed by atoms with van der Waals surface area (Å²) >= 11 is 17.0. The number of halogens is 3. The third kappa shape index (κ3) is 2.09. The van der Waals surface area contributed by atoms with Crippen molar-refractivity contribution in [3.05, 3.63) is 21.2 Å². The lowest BCUT2D eigenvalue weighted by Crippen LogP contribution is -2.34. The first-order chi connectivity index (χ1) is 6.17. The molecule has 1 aliphatic carbocycles. The van der Waals surface area contributed by atoms with E-state index in [1.165, 1.54) is 13.0 Å². The largest absolute Gasteiger partial charge is 0.285 e. The summed E-state index contributed by atoms with van der Waals surface area (Å²) < 4.78 is 29.5. The van der Waals surface area contributed by atoms with E-state index in [9.17, 15) is 8.42 Å². The van der Waals surface area contributed by atoms with Crippen LogP contribution >= 0.6 is 34.8 Å². The Morgan fingerprint density at radius 3 is 2.29 bits per heavy atom. The van der Waals surface area contributed by atoms with Crippen molar-refractivity contribution in [2.24, 2.45) is 0 Å². The van der Waals surface area contributed by atoms with E-state index in [1.807, 2.05) is 0 Å². The summed E-state index contributed by atoms with van der Waals surface area (Å²) in [6, 6.07) is 0. The Morgan fingerprint density at radius 1 is 1.43 bits per heavy atom. The first kappa shape index (κ1) is 12.3. The topological polar surface area (TPSA) is 54.4 Å². The van der Waals surface area contributed by atoms with E-state index in [4.69, 9.17) is 39.4 Å². The molecule has 0 aromatic carbocycles. The fraction of sp³-hybridized carbons (Fsp3) is 0.429. The van der Waals surface area contributed by atoms with Gasteiger partial charge in [-0.15, -0.1) is 0 Å². The van der Waals surface area contributed by atoms with Crippen LogP contribution in [0.2, 0.25) is 0 Å². The summed E-state index contributed by atoms with van der Waals surface area (Å²) in [6.45, 7) is 1.32. The van der Waals surface area contributed by atoms with E-state index in [-0.39, 0.29) is 21.5 Å². The van der Waals surface area contributed by atoms with E-state index in [1.54, 1.807) is 0 Å². The normalized spacial score (nSPS) is 29.1. The fourth-order valence-corrected chi connectivity index (χ4v) is 2.70. The molecule has 0 aromatic rings. The van der Waals surface area contributed by atoms with Crippen LogP contribution in [0.4, 0.5) is 0 Å². The number of allylic oxidation sites excluding steroid dienone is 3. The Hall–Kier alpha value is 0.260. The number of hydrogen-bond donors (Lipinski definition) is 1. The van der Waals surface area contributed by atoms with Gasteiger partial charge in [0.25, 0.3) is 10.1 Å². The van der Waals surface area contributed by atoms with Crippen LogP contribution in [0.5, 0.6) is 0 Å². The molecule has 1 unspecified atom stereocenters. The predicted molar refractivity (Wildman–Crippen MR) is 57.2 cm³/mol. The third-order valence-corrected chi connectivity index (χ3v) is 4.66. The Labute approximate surface area is 97.1 Å². The molecule has 0 heterocycles. The van der Waals surface area contributed by atoms with Gasteiger partial charge in [0.1, 0.15) is 4.75 Å². The van der Waals surface area contributed by atoms with Gasteiger partial charge in [0.2, 0.25) is 0 Å². The van der Waals surface area contributed by atoms with Gasteiger partial charge in [0.05, 0.1) is 10.1 Å². The van der Waals surface area contributed by atoms with Crippen molar-refractivity contribution in [3.63, 3.8) is 0 Å². The van der Waals surface area contributed by atoms with Gasteiger partial charge in [-0.05, 0) is 13.0 Å². The highest BCUT2D eigenvalue weighted by molar-refractivity contribution is 7.87. The molecule has 0 aromatic heterocycles. The molecule has 1 atom stereocenters. The summed E-state index contributed by atoms with van der Waals surface area (Å²) in [6.07, 6.45) is 1.10. The average molecular weight is 278 g/mol. The van der Waals surface area contributed by atoms with Crippen molar-refractivity contribution in [2.45, 2.75) is 18.1 Å². The van der Waals surface area contributed by atoms with Crippen molar-refractivity contribution in [1.82, 2.24) is 0 Å². The van der Waals surface area contributed by atoms with Crippen molar-refractivity contribution in [2.75, 3.05) is 0 Å². The minimum Gasteiger partial charge on any atom is -0.285 e. The van der Waals surface area contributed by atoms with Crippen LogP contribution in [-0.2, 0) is 10.1 Å². The van der Waals surface area contributed by atoms with Gasteiger partial charge in [-0.1, -0.05) is 34.8 Å². The first-order valence-corrected chi connectivity index (χ1v) is 6.15. The summed E-state index contributed by atoms with van der Waals surface area (Å²) in [5.41, 5.74) is 0. The zero-order valence-corrected chi connectivity index (χ0v) is 10.2. The van der Waals surface area contributed by atoms with Crippen LogP contribution < -0.4 is 0 Å². The molecule has 1 aliphatic rings. The molecule has 1 rings (SSSR count). The second kappa shape index (κ2) is 3.68. The van der Waals surface area contributed by atoms with Crippen LogP contribution in [0, 0.1) is 0 Å². The van der Waals surface area contributed by atoms with Gasteiger partial charge >= 0.3 is 0 Å². The minimum absolute atomic E-state index is 0.0306. The molecule has 0 fully saturated rings. The Morgan fingerprint density at radius 2 is 1.93 bits per heavy atom. The minimum atomic E-state index is -4.25. The molecule has 1 N–H and O–H groups in total. The molecule has 3 nitrogen and oxygen atoms in total. The van der Waals surface area contributed by atoms with Gasteiger partial charge in [-0.3, -0.25) is 4.55 Å². The van der Waals surface area contributed by atoms with Crippen LogP contribution in [-0.4, -0.2) is 17.7 Å². The second-order valence-electron chi connectivity index (χ2n) is 3.18. The fourth-order valence-electron chi connectivity index (χ4n) is 1.06. The SMILES string of the molecule is CC1(S(=O)(=O)O)C=C(Cl)C(Cl)=C(Cl)C1. The van der Waals surface area contributed by atoms with Gasteiger partial charge in [0.15, 0.2) is 0 Å². The van der Waals surface area contributed by atoms with E-state index in [0.717, 1.165) is 0 Å². The molecule has 0 radical (unpaired) electrons. The maximum Gasteiger partial charge on any atom is 0.274 e. The van der Waals surface area contributed by atoms with Crippen LogP contribution in [0.3, 0.4) is 0 Å². The van der Waals surface area contributed by atoms with Crippen LogP contribution in [0.15, 0.2) is 21.2 Å². The summed E-state index contributed by atoms with van der Waals surface area (Å²) in [5.74, 6) is 0. The lowest BCUT2D eigenvalue weighted by Gasteiger charge is -2.26. The molecule has 0 bridgehead atoms. The molecule has 80 valence electrons. The Kier molecular flexibility index (Phi) is 3.24. The molecular formula is C7H7Cl3O3S. The highest BCUT2D eigenvalue weighted by Crippen LogP contribution is 2.40. The van der Waals surface area contributed by atoms with Crippen molar-refractivity contribution in [3.8, 4) is 0 Å². The molecule has 0 saturated heterocycles. The quantitative estimate of drug-likeness (QED) is 0.750. The van der Waals surface area contributed by atoms with Gasteiger partial charge in [-0.2, -0.15) is 8.42 Å². The van der Waals surface area contributed by atoms with Crippen molar-refractivity contribution >= 4 is 44.9 Å². The lowest BCUT2D eigenvalue weighted by molar-refractivity contribution is 0.451. The maximum absolute atomic E-state index is 11.0. The average Bonchev–Trinajstić information content (AvgIpc) is 1.98. The Bertz CT molecular complexity index is 423. The second-order valence-corrected chi connectivity index (χ2v) is 6.30. The molecule has 0 aliphatic heterocycles. The molecule has 14 heavy (non-hydrogen) atoms. The van der Waals surface area contributed by atoms with E-state index >= 15 is 0 Å². The third-order valence-electron chi connectivity index (χ3n) is 1.98. The standard InChI is InChI=1S/C7H7Cl3O3S/c1-7(14(11,12)13)2-4(8)6(10)5(9)3-7/h2H,3H2,1H3,(H,11,12,13). The Balaban J connectivity index is 3.27. The van der Waals surface area contributed by atoms with E-state index < -0.39 is 14.9 Å². The van der Waals surface area contributed by atoms with Gasteiger partial charge < -0.3 is 0 Å². The van der Waals surface area contributed by atoms with E-state index in [2.05, 4.69) is 0 Å². The zero-order valence-electron chi connectivity index (χ0n) is 7.09. The first-order valence-electron chi connectivity index (χ1n) is 3.57. The zero-order chi connectivity index (χ0) is 11.1. The molecule has 7 heteroatoms. The van der Waals surface area contributed by atoms with Gasteiger partial charge in [0, 0.05) is 11.5 Å². The van der Waals surface area contributed by atoms with E-state index in [0.29, 0.717) is 0 Å².